The topological polar surface area (TPSA) is 70.6 Å². The zero-order valence-electron chi connectivity index (χ0n) is 12.9. The molecule has 0 saturated carbocycles. The minimum atomic E-state index is -0.441. The van der Waals surface area contributed by atoms with Crippen LogP contribution < -0.4 is 10.6 Å². The van der Waals surface area contributed by atoms with E-state index in [2.05, 4.69) is 15.6 Å². The van der Waals surface area contributed by atoms with Gasteiger partial charge in [-0.2, -0.15) is 0 Å². The van der Waals surface area contributed by atoms with Gasteiger partial charge in [0, 0.05) is 13.0 Å². The second kappa shape index (κ2) is 7.79. The van der Waals surface area contributed by atoms with Gasteiger partial charge in [0.25, 0.3) is 0 Å². The summed E-state index contributed by atoms with van der Waals surface area (Å²) >= 11 is 1.29. The number of thioether (sulfide) groups is 1. The van der Waals surface area contributed by atoms with Crippen molar-refractivity contribution in [2.75, 3.05) is 0 Å². The van der Waals surface area contributed by atoms with Crippen LogP contribution in [-0.2, 0) is 16.1 Å². The molecule has 1 atom stereocenters. The third kappa shape index (κ3) is 4.45. The molecule has 2 aromatic carbocycles. The Kier molecular flexibility index (Phi) is 5.28. The standard InChI is InChI=1S/C18H17N3O2S/c22-16(19-12-13-7-3-1-4-8-13)11-15-17(23)21-18(24-15)20-14-9-5-2-6-10-14/h1-10,15H,11-12H2,(H,19,22)(H,20,21,23)/t15-/m1/s1. The van der Waals surface area contributed by atoms with Crippen molar-refractivity contribution in [3.05, 3.63) is 66.2 Å². The Hall–Kier alpha value is -2.60. The van der Waals surface area contributed by atoms with Crippen molar-refractivity contribution in [3.63, 3.8) is 0 Å². The minimum Gasteiger partial charge on any atom is -0.352 e. The lowest BCUT2D eigenvalue weighted by Gasteiger charge is -2.07. The molecule has 1 aliphatic heterocycles. The number of carbonyl (C=O) groups excluding carboxylic acids is 2. The van der Waals surface area contributed by atoms with E-state index in [4.69, 9.17) is 0 Å². The normalized spacial score (nSPS) is 18.4. The van der Waals surface area contributed by atoms with Gasteiger partial charge in [-0.15, -0.1) is 0 Å². The monoisotopic (exact) mass is 339 g/mol. The van der Waals surface area contributed by atoms with Gasteiger partial charge in [-0.05, 0) is 17.7 Å². The van der Waals surface area contributed by atoms with Crippen molar-refractivity contribution in [1.82, 2.24) is 10.6 Å². The fraction of sp³-hybridized carbons (Fsp3) is 0.167. The summed E-state index contributed by atoms with van der Waals surface area (Å²) in [7, 11) is 0. The lowest BCUT2D eigenvalue weighted by molar-refractivity contribution is -0.125. The predicted molar refractivity (Wildman–Crippen MR) is 96.0 cm³/mol. The molecule has 0 bridgehead atoms. The largest absolute Gasteiger partial charge is 0.352 e. The van der Waals surface area contributed by atoms with Gasteiger partial charge >= 0.3 is 0 Å². The Balaban J connectivity index is 1.53. The summed E-state index contributed by atoms with van der Waals surface area (Å²) in [4.78, 5) is 28.4. The molecule has 0 aliphatic carbocycles. The Morgan fingerprint density at radius 1 is 1.08 bits per heavy atom. The first kappa shape index (κ1) is 16.3. The van der Waals surface area contributed by atoms with E-state index in [1.807, 2.05) is 60.7 Å². The first-order chi connectivity index (χ1) is 11.7. The molecule has 122 valence electrons. The molecule has 5 nitrogen and oxygen atoms in total. The van der Waals surface area contributed by atoms with Crippen LogP contribution in [0.15, 0.2) is 65.7 Å². The van der Waals surface area contributed by atoms with Crippen molar-refractivity contribution < 1.29 is 9.59 Å². The van der Waals surface area contributed by atoms with Gasteiger partial charge in [0.2, 0.25) is 11.8 Å². The average Bonchev–Trinajstić information content (AvgIpc) is 2.94. The van der Waals surface area contributed by atoms with Crippen molar-refractivity contribution in [1.29, 1.82) is 0 Å². The Labute approximate surface area is 144 Å². The number of amides is 2. The van der Waals surface area contributed by atoms with E-state index in [9.17, 15) is 9.59 Å². The highest BCUT2D eigenvalue weighted by Crippen LogP contribution is 2.24. The van der Waals surface area contributed by atoms with Crippen LogP contribution >= 0.6 is 11.8 Å². The smallest absolute Gasteiger partial charge is 0.240 e. The van der Waals surface area contributed by atoms with Crippen LogP contribution in [-0.4, -0.2) is 22.2 Å². The van der Waals surface area contributed by atoms with Gasteiger partial charge in [0.05, 0.1) is 5.69 Å². The summed E-state index contributed by atoms with van der Waals surface area (Å²) in [6.07, 6.45) is 0.136. The number of amidine groups is 1. The van der Waals surface area contributed by atoms with Crippen LogP contribution in [0.3, 0.4) is 0 Å². The van der Waals surface area contributed by atoms with Crippen molar-refractivity contribution in [2.24, 2.45) is 4.99 Å². The molecule has 0 aromatic heterocycles. The number of nitrogens with one attached hydrogen (secondary N) is 2. The maximum Gasteiger partial charge on any atom is 0.240 e. The number of hydrogen-bond donors (Lipinski definition) is 2. The zero-order chi connectivity index (χ0) is 16.8. The first-order valence-electron chi connectivity index (χ1n) is 7.62. The highest BCUT2D eigenvalue weighted by molar-refractivity contribution is 8.15. The van der Waals surface area contributed by atoms with E-state index < -0.39 is 5.25 Å². The van der Waals surface area contributed by atoms with E-state index >= 15 is 0 Å². The number of carbonyl (C=O) groups is 2. The minimum absolute atomic E-state index is 0.136. The van der Waals surface area contributed by atoms with Crippen LogP contribution in [0, 0.1) is 0 Å². The third-order valence-corrected chi connectivity index (χ3v) is 4.55. The highest BCUT2D eigenvalue weighted by Gasteiger charge is 2.31. The number of para-hydroxylation sites is 1. The molecule has 1 heterocycles. The molecule has 24 heavy (non-hydrogen) atoms. The fourth-order valence-corrected chi connectivity index (χ4v) is 3.24. The Morgan fingerprint density at radius 3 is 2.46 bits per heavy atom. The van der Waals surface area contributed by atoms with E-state index in [0.717, 1.165) is 11.3 Å². The van der Waals surface area contributed by atoms with Gasteiger partial charge in [-0.3, -0.25) is 9.59 Å². The van der Waals surface area contributed by atoms with Gasteiger partial charge in [0.15, 0.2) is 5.17 Å². The highest BCUT2D eigenvalue weighted by atomic mass is 32.2. The Bertz CT molecular complexity index is 747. The van der Waals surface area contributed by atoms with Crippen LogP contribution in [0.5, 0.6) is 0 Å². The second-order valence-electron chi connectivity index (χ2n) is 5.31. The second-order valence-corrected chi connectivity index (χ2v) is 6.51. The quantitative estimate of drug-likeness (QED) is 0.880. The SMILES string of the molecule is O=C(C[C@H]1SC(=Nc2ccccc2)NC1=O)NCc1ccccc1. The molecule has 0 radical (unpaired) electrons. The maximum absolute atomic E-state index is 12.0. The molecular weight excluding hydrogens is 322 g/mol. The molecule has 0 unspecified atom stereocenters. The molecule has 1 fully saturated rings. The number of aliphatic imine (C=N–C) groups is 1. The predicted octanol–water partition coefficient (Wildman–Crippen LogP) is 2.61. The summed E-state index contributed by atoms with van der Waals surface area (Å²) in [5.41, 5.74) is 1.80. The molecule has 0 spiro atoms. The first-order valence-corrected chi connectivity index (χ1v) is 8.50. The van der Waals surface area contributed by atoms with Crippen molar-refractivity contribution >= 4 is 34.4 Å². The molecular formula is C18H17N3O2S. The van der Waals surface area contributed by atoms with E-state index in [1.54, 1.807) is 0 Å². The van der Waals surface area contributed by atoms with E-state index in [-0.39, 0.29) is 18.2 Å². The van der Waals surface area contributed by atoms with Gasteiger partial charge < -0.3 is 10.6 Å². The molecule has 3 rings (SSSR count). The molecule has 2 amide bonds. The van der Waals surface area contributed by atoms with Gasteiger partial charge in [-0.25, -0.2) is 4.99 Å². The van der Waals surface area contributed by atoms with Crippen LogP contribution in [0.2, 0.25) is 0 Å². The van der Waals surface area contributed by atoms with Crippen LogP contribution in [0.4, 0.5) is 5.69 Å². The third-order valence-electron chi connectivity index (χ3n) is 3.47. The van der Waals surface area contributed by atoms with Crippen LogP contribution in [0.25, 0.3) is 0 Å². The van der Waals surface area contributed by atoms with Crippen LogP contribution in [0.1, 0.15) is 12.0 Å². The number of rotatable bonds is 5. The lowest BCUT2D eigenvalue weighted by Crippen LogP contribution is -2.31. The summed E-state index contributed by atoms with van der Waals surface area (Å²) < 4.78 is 0. The van der Waals surface area contributed by atoms with Crippen molar-refractivity contribution in [2.45, 2.75) is 18.2 Å². The van der Waals surface area contributed by atoms with E-state index in [0.29, 0.717) is 11.7 Å². The zero-order valence-corrected chi connectivity index (χ0v) is 13.8. The lowest BCUT2D eigenvalue weighted by atomic mass is 10.2. The molecule has 1 aliphatic rings. The van der Waals surface area contributed by atoms with Crippen molar-refractivity contribution in [3.8, 4) is 0 Å². The molecule has 1 saturated heterocycles. The molecule has 6 heteroatoms. The van der Waals surface area contributed by atoms with Gasteiger partial charge in [0.1, 0.15) is 5.25 Å². The number of benzene rings is 2. The summed E-state index contributed by atoms with van der Waals surface area (Å²) in [6, 6.07) is 19.1. The molecule has 2 aromatic rings. The Morgan fingerprint density at radius 2 is 1.75 bits per heavy atom. The summed E-state index contributed by atoms with van der Waals surface area (Å²) in [6.45, 7) is 0.462. The summed E-state index contributed by atoms with van der Waals surface area (Å²) in [5.74, 6) is -0.322. The number of nitrogens with zero attached hydrogens (tertiary/aromatic N) is 1. The fourth-order valence-electron chi connectivity index (χ4n) is 2.25. The molecule has 2 N–H and O–H groups in total. The van der Waals surface area contributed by atoms with E-state index in [1.165, 1.54) is 11.8 Å². The van der Waals surface area contributed by atoms with Gasteiger partial charge in [-0.1, -0.05) is 60.3 Å². The maximum atomic E-state index is 12.0. The summed E-state index contributed by atoms with van der Waals surface area (Å²) in [5, 5.41) is 5.66. The average molecular weight is 339 g/mol. The number of hydrogen-bond acceptors (Lipinski definition) is 4.